The van der Waals surface area contributed by atoms with Crippen molar-refractivity contribution in [3.8, 4) is 0 Å². The van der Waals surface area contributed by atoms with Gasteiger partial charge in [-0.25, -0.2) is 0 Å². The van der Waals surface area contributed by atoms with E-state index in [4.69, 9.17) is 0 Å². The van der Waals surface area contributed by atoms with Crippen LogP contribution in [0.2, 0.25) is 0 Å². The zero-order chi connectivity index (χ0) is 15.2. The van der Waals surface area contributed by atoms with Gasteiger partial charge in [0.05, 0.1) is 11.4 Å². The molecule has 2 atom stereocenters. The van der Waals surface area contributed by atoms with Gasteiger partial charge < -0.3 is 5.32 Å². The number of nitrogens with zero attached hydrogens (tertiary/aromatic N) is 3. The summed E-state index contributed by atoms with van der Waals surface area (Å²) in [5, 5.41) is 8.30. The van der Waals surface area contributed by atoms with E-state index < -0.39 is 0 Å². The Kier molecular flexibility index (Phi) is 6.24. The van der Waals surface area contributed by atoms with Crippen LogP contribution in [0.1, 0.15) is 51.4 Å². The summed E-state index contributed by atoms with van der Waals surface area (Å²) in [4.78, 5) is 2.61. The van der Waals surface area contributed by atoms with Crippen molar-refractivity contribution in [1.82, 2.24) is 20.0 Å². The molecule has 21 heavy (non-hydrogen) atoms. The minimum absolute atomic E-state index is 0.712. The molecule has 4 nitrogen and oxygen atoms in total. The number of aromatic nitrogens is 2. The number of hydrogen-bond donors (Lipinski definition) is 1. The molecule has 2 unspecified atom stereocenters. The van der Waals surface area contributed by atoms with Crippen molar-refractivity contribution in [1.29, 1.82) is 0 Å². The normalized spacial score (nSPS) is 23.6. The van der Waals surface area contributed by atoms with E-state index in [0.29, 0.717) is 6.04 Å². The van der Waals surface area contributed by atoms with Crippen molar-refractivity contribution in [3.05, 3.63) is 17.5 Å². The first kappa shape index (κ1) is 16.5. The van der Waals surface area contributed by atoms with Gasteiger partial charge in [-0.2, -0.15) is 5.10 Å². The average molecular weight is 292 g/mol. The first-order valence-electron chi connectivity index (χ1n) is 8.65. The Hall–Kier alpha value is -0.870. The van der Waals surface area contributed by atoms with Gasteiger partial charge in [0.25, 0.3) is 0 Å². The Morgan fingerprint density at radius 2 is 2.14 bits per heavy atom. The first-order chi connectivity index (χ1) is 10.2. The van der Waals surface area contributed by atoms with Gasteiger partial charge in [-0.1, -0.05) is 27.2 Å². The van der Waals surface area contributed by atoms with Crippen LogP contribution >= 0.6 is 0 Å². The molecule has 120 valence electrons. The fourth-order valence-corrected chi connectivity index (χ4v) is 3.38. The van der Waals surface area contributed by atoms with Crippen molar-refractivity contribution < 1.29 is 0 Å². The maximum absolute atomic E-state index is 4.57. The van der Waals surface area contributed by atoms with Crippen LogP contribution in [0.3, 0.4) is 0 Å². The largest absolute Gasteiger partial charge is 0.314 e. The molecule has 0 bridgehead atoms. The second-order valence-electron chi connectivity index (χ2n) is 6.36. The van der Waals surface area contributed by atoms with Crippen LogP contribution in [-0.2, 0) is 20.0 Å². The monoisotopic (exact) mass is 292 g/mol. The molecule has 1 saturated heterocycles. The van der Waals surface area contributed by atoms with E-state index in [2.05, 4.69) is 53.9 Å². The maximum atomic E-state index is 4.57. The van der Waals surface area contributed by atoms with Crippen LogP contribution in [0, 0.1) is 5.92 Å². The summed E-state index contributed by atoms with van der Waals surface area (Å²) in [6.45, 7) is 11.4. The molecule has 0 amide bonds. The maximum Gasteiger partial charge on any atom is 0.0625 e. The number of likely N-dealkylation sites (tertiary alicyclic amines) is 1. The molecule has 1 fully saturated rings. The zero-order valence-corrected chi connectivity index (χ0v) is 14.2. The molecule has 0 spiro atoms. The van der Waals surface area contributed by atoms with Crippen molar-refractivity contribution in [2.75, 3.05) is 19.6 Å². The van der Waals surface area contributed by atoms with Crippen molar-refractivity contribution in [3.63, 3.8) is 0 Å². The molecular weight excluding hydrogens is 260 g/mol. The van der Waals surface area contributed by atoms with Gasteiger partial charge in [-0.05, 0) is 37.8 Å². The van der Waals surface area contributed by atoms with E-state index in [-0.39, 0.29) is 0 Å². The summed E-state index contributed by atoms with van der Waals surface area (Å²) in [7, 11) is 2.07. The third-order valence-electron chi connectivity index (χ3n) is 4.77. The lowest BCUT2D eigenvalue weighted by Crippen LogP contribution is -2.49. The Morgan fingerprint density at radius 3 is 2.76 bits per heavy atom. The fourth-order valence-electron chi connectivity index (χ4n) is 3.38. The van der Waals surface area contributed by atoms with E-state index in [0.717, 1.165) is 25.4 Å². The molecule has 1 aromatic rings. The topological polar surface area (TPSA) is 33.1 Å². The summed E-state index contributed by atoms with van der Waals surface area (Å²) >= 11 is 0. The van der Waals surface area contributed by atoms with Gasteiger partial charge in [-0.15, -0.1) is 0 Å². The lowest BCUT2D eigenvalue weighted by molar-refractivity contribution is 0.126. The van der Waals surface area contributed by atoms with Crippen LogP contribution in [0.15, 0.2) is 6.07 Å². The van der Waals surface area contributed by atoms with Crippen molar-refractivity contribution >= 4 is 0 Å². The molecule has 0 saturated carbocycles. The predicted molar refractivity (Wildman–Crippen MR) is 88.3 cm³/mol. The van der Waals surface area contributed by atoms with Crippen LogP contribution < -0.4 is 5.32 Å². The highest BCUT2D eigenvalue weighted by Gasteiger charge is 2.27. The molecule has 0 aliphatic carbocycles. The first-order valence-corrected chi connectivity index (χ1v) is 8.65. The lowest BCUT2D eigenvalue weighted by atomic mass is 9.89. The molecule has 2 rings (SSSR count). The molecule has 1 aliphatic rings. The Bertz CT molecular complexity index is 426. The van der Waals surface area contributed by atoms with E-state index >= 15 is 0 Å². The van der Waals surface area contributed by atoms with E-state index in [1.165, 1.54) is 43.7 Å². The van der Waals surface area contributed by atoms with Crippen LogP contribution in [0.4, 0.5) is 0 Å². The van der Waals surface area contributed by atoms with Gasteiger partial charge >= 0.3 is 0 Å². The van der Waals surface area contributed by atoms with E-state index in [9.17, 15) is 0 Å². The van der Waals surface area contributed by atoms with Gasteiger partial charge in [-0.3, -0.25) is 9.58 Å². The number of rotatable bonds is 7. The molecule has 2 heterocycles. The minimum Gasteiger partial charge on any atom is -0.314 e. The quantitative estimate of drug-likeness (QED) is 0.838. The van der Waals surface area contributed by atoms with Crippen LogP contribution in [0.25, 0.3) is 0 Å². The number of piperidine rings is 1. The number of hydrogen-bond acceptors (Lipinski definition) is 3. The molecule has 0 aromatic carbocycles. The summed E-state index contributed by atoms with van der Waals surface area (Å²) in [5.41, 5.74) is 2.56. The minimum atomic E-state index is 0.712. The molecule has 4 heteroatoms. The van der Waals surface area contributed by atoms with Gasteiger partial charge in [0.15, 0.2) is 0 Å². The number of nitrogens with one attached hydrogen (secondary N) is 1. The van der Waals surface area contributed by atoms with Gasteiger partial charge in [0, 0.05) is 32.7 Å². The van der Waals surface area contributed by atoms with Gasteiger partial charge in [0.1, 0.15) is 0 Å². The second kappa shape index (κ2) is 7.95. The fraction of sp³-hybridized carbons (Fsp3) is 0.824. The second-order valence-corrected chi connectivity index (χ2v) is 6.36. The number of aryl methyl sites for hydroxylation is 2. The predicted octanol–water partition coefficient (Wildman–Crippen LogP) is 2.58. The third-order valence-corrected chi connectivity index (χ3v) is 4.77. The highest BCUT2D eigenvalue weighted by atomic mass is 15.3. The van der Waals surface area contributed by atoms with Crippen molar-refractivity contribution in [2.45, 2.75) is 59.0 Å². The molecule has 1 aliphatic heterocycles. The van der Waals surface area contributed by atoms with Gasteiger partial charge in [0.2, 0.25) is 0 Å². The summed E-state index contributed by atoms with van der Waals surface area (Å²) in [5.74, 6) is 0.782. The standard InChI is InChI=1S/C17H32N4/c1-5-9-18-17-8-10-21(12-14(17)6-2)13-16-11-15(7-3)19-20(16)4/h11,14,17-18H,5-10,12-13H2,1-4H3. The summed E-state index contributed by atoms with van der Waals surface area (Å²) in [6, 6.07) is 2.98. The SMILES string of the molecule is CCCNC1CCN(Cc2cc(CC)nn2C)CC1CC. The van der Waals surface area contributed by atoms with Crippen LogP contribution in [0.5, 0.6) is 0 Å². The zero-order valence-electron chi connectivity index (χ0n) is 14.2. The van der Waals surface area contributed by atoms with Crippen LogP contribution in [-0.4, -0.2) is 40.4 Å². The van der Waals surface area contributed by atoms with E-state index in [1.807, 2.05) is 0 Å². The summed E-state index contributed by atoms with van der Waals surface area (Å²) < 4.78 is 2.06. The molecule has 1 aromatic heterocycles. The third kappa shape index (κ3) is 4.30. The smallest absolute Gasteiger partial charge is 0.0625 e. The molecule has 0 radical (unpaired) electrons. The highest BCUT2D eigenvalue weighted by Crippen LogP contribution is 2.22. The van der Waals surface area contributed by atoms with E-state index in [1.54, 1.807) is 0 Å². The highest BCUT2D eigenvalue weighted by molar-refractivity contribution is 5.10. The Balaban J connectivity index is 1.92. The molecule has 1 N–H and O–H groups in total. The Labute approximate surface area is 129 Å². The Morgan fingerprint density at radius 1 is 1.33 bits per heavy atom. The average Bonchev–Trinajstić information content (AvgIpc) is 2.86. The molecular formula is C17H32N4. The van der Waals surface area contributed by atoms with Crippen molar-refractivity contribution in [2.24, 2.45) is 13.0 Å². The summed E-state index contributed by atoms with van der Waals surface area (Å²) in [6.07, 6.45) is 4.79. The lowest BCUT2D eigenvalue weighted by Gasteiger charge is -2.38.